The molecule has 4 heteroatoms. The summed E-state index contributed by atoms with van der Waals surface area (Å²) in [5, 5.41) is 22.6. The molecule has 0 saturated heterocycles. The maximum atomic E-state index is 12.6. The molecule has 0 aliphatic heterocycles. The molecule has 0 unspecified atom stereocenters. The quantitative estimate of drug-likeness (QED) is 0.740. The van der Waals surface area contributed by atoms with Gasteiger partial charge in [-0.25, -0.2) is 0 Å². The monoisotopic (exact) mass is 390 g/mol. The number of carbonyl (C=O) groups excluding carboxylic acids is 2. The highest BCUT2D eigenvalue weighted by atomic mass is 16.3. The summed E-state index contributed by atoms with van der Waals surface area (Å²) < 4.78 is 0. The molecule has 0 bridgehead atoms. The Bertz CT molecular complexity index is 682. The molecule has 0 aromatic heterocycles. The number of hydrogen-bond acceptors (Lipinski definition) is 4. The highest BCUT2D eigenvalue weighted by Crippen LogP contribution is 2.67. The number of fused-ring (bicyclic) bond motifs is 5. The van der Waals surface area contributed by atoms with Crippen LogP contribution in [-0.4, -0.2) is 33.5 Å². The number of hydrogen-bond donors (Lipinski definition) is 2. The highest BCUT2D eigenvalue weighted by molar-refractivity contribution is 5.91. The highest BCUT2D eigenvalue weighted by Gasteiger charge is 2.67. The minimum atomic E-state index is -1.29. The third kappa shape index (κ3) is 2.78. The number of aliphatic hydroxyl groups excluding tert-OH is 1. The van der Waals surface area contributed by atoms with Crippen LogP contribution in [0.4, 0.5) is 0 Å². The summed E-state index contributed by atoms with van der Waals surface area (Å²) in [5.74, 6) is 0.867. The predicted molar refractivity (Wildman–Crippen MR) is 110 cm³/mol. The SMILES string of the molecule is CC.CCC(=O)[C@@]1(O)CC[C@H]2[C@@H]3CCC4=CC(=O)CC[C@]4(C)[C@H]3[C@@H](O)C[C@@]21C. The van der Waals surface area contributed by atoms with Crippen molar-refractivity contribution < 1.29 is 19.8 Å². The van der Waals surface area contributed by atoms with E-state index < -0.39 is 17.1 Å². The summed E-state index contributed by atoms with van der Waals surface area (Å²) in [6, 6.07) is 0. The van der Waals surface area contributed by atoms with Crippen LogP contribution in [0.15, 0.2) is 11.6 Å². The van der Waals surface area contributed by atoms with Crippen LogP contribution in [0.25, 0.3) is 0 Å². The minimum absolute atomic E-state index is 0.0704. The average Bonchev–Trinajstić information content (AvgIpc) is 2.94. The van der Waals surface area contributed by atoms with E-state index >= 15 is 0 Å². The van der Waals surface area contributed by atoms with Crippen LogP contribution < -0.4 is 0 Å². The maximum Gasteiger partial charge on any atom is 0.164 e. The Morgan fingerprint density at radius 2 is 1.86 bits per heavy atom. The van der Waals surface area contributed by atoms with Crippen LogP contribution in [0.3, 0.4) is 0 Å². The standard InChI is InChI=1S/C22H32O4.C2H6/c1-4-18(25)22(26)10-8-16-15-6-5-13-11-14(23)7-9-20(13,2)19(15)17(24)12-21(16,22)3;1-2/h11,15-17,19,24,26H,4-10,12H2,1-3H3;1-2H3/t15-,16-,17-,19+,20-,21-,22-;/m0./s1. The molecular weight excluding hydrogens is 352 g/mol. The van der Waals surface area contributed by atoms with E-state index in [1.54, 1.807) is 0 Å². The van der Waals surface area contributed by atoms with Gasteiger partial charge in [0.25, 0.3) is 0 Å². The zero-order valence-electron chi connectivity index (χ0n) is 18.3. The van der Waals surface area contributed by atoms with E-state index in [0.29, 0.717) is 31.6 Å². The molecule has 0 amide bonds. The van der Waals surface area contributed by atoms with E-state index in [9.17, 15) is 19.8 Å². The molecule has 4 rings (SSSR count). The van der Waals surface area contributed by atoms with Crippen molar-refractivity contribution in [3.63, 3.8) is 0 Å². The summed E-state index contributed by atoms with van der Waals surface area (Å²) >= 11 is 0. The van der Waals surface area contributed by atoms with Crippen LogP contribution in [0.5, 0.6) is 0 Å². The fourth-order valence-electron chi connectivity index (χ4n) is 7.44. The summed E-state index contributed by atoms with van der Waals surface area (Å²) in [6.07, 6.45) is 6.76. The largest absolute Gasteiger partial charge is 0.393 e. The zero-order chi connectivity index (χ0) is 20.9. The van der Waals surface area contributed by atoms with Gasteiger partial charge in [0, 0.05) is 18.3 Å². The zero-order valence-corrected chi connectivity index (χ0v) is 18.3. The van der Waals surface area contributed by atoms with Crippen molar-refractivity contribution in [2.45, 2.75) is 97.7 Å². The minimum Gasteiger partial charge on any atom is -0.393 e. The van der Waals surface area contributed by atoms with Crippen LogP contribution in [0.2, 0.25) is 0 Å². The number of carbonyl (C=O) groups is 2. The number of ketones is 2. The number of Topliss-reactive ketones (excluding diaryl/α,β-unsaturated/α-hetero) is 1. The summed E-state index contributed by atoms with van der Waals surface area (Å²) in [5.41, 5.74) is -0.733. The third-order valence-corrected chi connectivity index (χ3v) is 8.83. The van der Waals surface area contributed by atoms with Crippen LogP contribution >= 0.6 is 0 Å². The Hall–Kier alpha value is -1.00. The molecule has 0 radical (unpaired) electrons. The first-order valence-electron chi connectivity index (χ1n) is 11.3. The second kappa shape index (κ2) is 7.36. The van der Waals surface area contributed by atoms with Gasteiger partial charge in [0.15, 0.2) is 11.6 Å². The molecule has 28 heavy (non-hydrogen) atoms. The second-order valence-electron chi connectivity index (χ2n) is 9.75. The predicted octanol–water partition coefficient (Wildman–Crippen LogP) is 4.23. The molecule has 4 aliphatic carbocycles. The van der Waals surface area contributed by atoms with Crippen molar-refractivity contribution in [2.24, 2.45) is 28.6 Å². The first-order valence-corrected chi connectivity index (χ1v) is 11.3. The second-order valence-corrected chi connectivity index (χ2v) is 9.75. The molecule has 0 heterocycles. The lowest BCUT2D eigenvalue weighted by atomic mass is 9.45. The first kappa shape index (κ1) is 21.7. The fraction of sp³-hybridized carbons (Fsp3) is 0.833. The van der Waals surface area contributed by atoms with Gasteiger partial charge in [-0.05, 0) is 67.8 Å². The van der Waals surface area contributed by atoms with E-state index in [0.717, 1.165) is 25.7 Å². The molecule has 0 aromatic carbocycles. The van der Waals surface area contributed by atoms with Gasteiger partial charge in [-0.2, -0.15) is 0 Å². The van der Waals surface area contributed by atoms with Gasteiger partial charge in [-0.3, -0.25) is 9.59 Å². The smallest absolute Gasteiger partial charge is 0.164 e. The van der Waals surface area contributed by atoms with Gasteiger partial charge in [-0.15, -0.1) is 0 Å². The van der Waals surface area contributed by atoms with Gasteiger partial charge in [-0.1, -0.05) is 40.2 Å². The number of allylic oxidation sites excluding steroid dienone is 1. The van der Waals surface area contributed by atoms with Crippen molar-refractivity contribution in [1.82, 2.24) is 0 Å². The van der Waals surface area contributed by atoms with Crippen LogP contribution in [-0.2, 0) is 9.59 Å². The average molecular weight is 391 g/mol. The van der Waals surface area contributed by atoms with Crippen molar-refractivity contribution >= 4 is 11.6 Å². The van der Waals surface area contributed by atoms with Crippen LogP contribution in [0, 0.1) is 28.6 Å². The Labute approximate surface area is 169 Å². The van der Waals surface area contributed by atoms with E-state index in [2.05, 4.69) is 6.92 Å². The van der Waals surface area contributed by atoms with Crippen molar-refractivity contribution in [3.05, 3.63) is 11.6 Å². The van der Waals surface area contributed by atoms with Gasteiger partial charge in [0.05, 0.1) is 6.10 Å². The van der Waals surface area contributed by atoms with E-state index in [-0.39, 0.29) is 28.8 Å². The third-order valence-electron chi connectivity index (χ3n) is 8.83. The van der Waals surface area contributed by atoms with E-state index in [1.165, 1.54) is 5.57 Å². The molecular formula is C24H38O4. The molecule has 4 aliphatic rings. The Morgan fingerprint density at radius 3 is 2.50 bits per heavy atom. The lowest BCUT2D eigenvalue weighted by molar-refractivity contribution is -0.180. The Balaban J connectivity index is 0.00000109. The molecule has 158 valence electrons. The van der Waals surface area contributed by atoms with Gasteiger partial charge >= 0.3 is 0 Å². The topological polar surface area (TPSA) is 74.6 Å². The lowest BCUT2D eigenvalue weighted by Gasteiger charge is -2.60. The summed E-state index contributed by atoms with van der Waals surface area (Å²) in [7, 11) is 0. The molecule has 7 atom stereocenters. The molecule has 0 aromatic rings. The van der Waals surface area contributed by atoms with Crippen molar-refractivity contribution in [3.8, 4) is 0 Å². The van der Waals surface area contributed by atoms with Gasteiger partial charge in [0.1, 0.15) is 5.60 Å². The Morgan fingerprint density at radius 1 is 1.18 bits per heavy atom. The van der Waals surface area contributed by atoms with Gasteiger partial charge in [0.2, 0.25) is 0 Å². The molecule has 0 spiro atoms. The maximum absolute atomic E-state index is 12.6. The Kier molecular flexibility index (Phi) is 5.70. The number of rotatable bonds is 2. The fourth-order valence-corrected chi connectivity index (χ4v) is 7.44. The molecule has 2 N–H and O–H groups in total. The van der Waals surface area contributed by atoms with E-state index in [1.807, 2.05) is 33.8 Å². The first-order chi connectivity index (χ1) is 13.2. The summed E-state index contributed by atoms with van der Waals surface area (Å²) in [6.45, 7) is 10.1. The number of aliphatic hydroxyl groups is 2. The van der Waals surface area contributed by atoms with Crippen LogP contribution in [0.1, 0.15) is 86.0 Å². The normalized spacial score (nSPS) is 47.1. The summed E-state index contributed by atoms with van der Waals surface area (Å²) in [4.78, 5) is 24.5. The van der Waals surface area contributed by atoms with Crippen molar-refractivity contribution in [1.29, 1.82) is 0 Å². The molecule has 3 saturated carbocycles. The van der Waals surface area contributed by atoms with Gasteiger partial charge < -0.3 is 10.2 Å². The molecule has 4 nitrogen and oxygen atoms in total. The lowest BCUT2D eigenvalue weighted by Crippen LogP contribution is -2.61. The van der Waals surface area contributed by atoms with Crippen molar-refractivity contribution in [2.75, 3.05) is 0 Å². The molecule has 3 fully saturated rings. The van der Waals surface area contributed by atoms with E-state index in [4.69, 9.17) is 0 Å².